The second-order valence-corrected chi connectivity index (χ2v) is 31.9. The van der Waals surface area contributed by atoms with Crippen molar-refractivity contribution in [1.82, 2.24) is 0 Å². The third-order valence-corrected chi connectivity index (χ3v) is 19.2. The Hall–Kier alpha value is -1.94. The second kappa shape index (κ2) is 64.4. The van der Waals surface area contributed by atoms with Crippen molar-refractivity contribution in [2.45, 2.75) is 395 Å². The van der Waals surface area contributed by atoms with Crippen molar-refractivity contribution >= 4 is 39.5 Å². The van der Waals surface area contributed by atoms with Crippen LogP contribution in [0, 0.1) is 23.7 Å². The fraction of sp³-hybridized carbons (Fsp3) is 0.947. The molecular formula is C75H146O17P2. The summed E-state index contributed by atoms with van der Waals surface area (Å²) >= 11 is 0. The number of aliphatic hydroxyl groups excluding tert-OH is 1. The summed E-state index contributed by atoms with van der Waals surface area (Å²) in [6, 6.07) is 0. The molecular weight excluding hydrogens is 1230 g/mol. The number of hydrogen-bond donors (Lipinski definition) is 3. The van der Waals surface area contributed by atoms with E-state index in [1.165, 1.54) is 173 Å². The maximum atomic E-state index is 13.1. The molecule has 17 nitrogen and oxygen atoms in total. The van der Waals surface area contributed by atoms with E-state index in [1.807, 2.05) is 0 Å². The highest BCUT2D eigenvalue weighted by Crippen LogP contribution is 2.45. The second-order valence-electron chi connectivity index (χ2n) is 28.9. The van der Waals surface area contributed by atoms with Gasteiger partial charge in [0.05, 0.1) is 26.4 Å². The average molecular weight is 1380 g/mol. The molecule has 0 radical (unpaired) electrons. The fourth-order valence-corrected chi connectivity index (χ4v) is 13.0. The Morgan fingerprint density at radius 1 is 0.266 bits per heavy atom. The lowest BCUT2D eigenvalue weighted by Crippen LogP contribution is -2.30. The van der Waals surface area contributed by atoms with Crippen molar-refractivity contribution in [2.75, 3.05) is 39.6 Å². The van der Waals surface area contributed by atoms with E-state index in [-0.39, 0.29) is 25.7 Å². The molecule has 0 aliphatic rings. The number of ether oxygens (including phenoxy) is 4. The Morgan fingerprint density at radius 2 is 0.447 bits per heavy atom. The summed E-state index contributed by atoms with van der Waals surface area (Å²) < 4.78 is 68.4. The van der Waals surface area contributed by atoms with E-state index in [1.54, 1.807) is 0 Å². The number of rotatable bonds is 72. The van der Waals surface area contributed by atoms with Crippen LogP contribution in [0.4, 0.5) is 0 Å². The summed E-state index contributed by atoms with van der Waals surface area (Å²) in [5.41, 5.74) is 0. The van der Waals surface area contributed by atoms with Crippen LogP contribution in [0.5, 0.6) is 0 Å². The van der Waals surface area contributed by atoms with E-state index < -0.39 is 97.5 Å². The molecule has 3 N–H and O–H groups in total. The molecule has 0 aliphatic heterocycles. The first-order chi connectivity index (χ1) is 45.1. The maximum Gasteiger partial charge on any atom is 0.472 e. The van der Waals surface area contributed by atoms with Gasteiger partial charge in [0.1, 0.15) is 19.3 Å². The minimum Gasteiger partial charge on any atom is -0.462 e. The van der Waals surface area contributed by atoms with E-state index >= 15 is 0 Å². The van der Waals surface area contributed by atoms with Gasteiger partial charge in [-0.25, -0.2) is 9.13 Å². The number of phosphoric acid groups is 2. The Kier molecular flexibility index (Phi) is 63.1. The number of aliphatic hydroxyl groups is 1. The summed E-state index contributed by atoms with van der Waals surface area (Å²) in [5.74, 6) is 0.853. The lowest BCUT2D eigenvalue weighted by molar-refractivity contribution is -0.161. The van der Waals surface area contributed by atoms with E-state index in [4.69, 9.17) is 37.0 Å². The Balaban J connectivity index is 5.19. The molecule has 0 saturated heterocycles. The van der Waals surface area contributed by atoms with E-state index in [0.717, 1.165) is 108 Å². The Morgan fingerprint density at radius 3 is 0.660 bits per heavy atom. The predicted molar refractivity (Wildman–Crippen MR) is 381 cm³/mol. The first-order valence-electron chi connectivity index (χ1n) is 38.7. The maximum absolute atomic E-state index is 13.1. The molecule has 19 heteroatoms. The van der Waals surface area contributed by atoms with Crippen LogP contribution in [0.2, 0.25) is 0 Å². The van der Waals surface area contributed by atoms with E-state index in [9.17, 15) is 43.2 Å². The molecule has 94 heavy (non-hydrogen) atoms. The highest BCUT2D eigenvalue weighted by molar-refractivity contribution is 7.47. The predicted octanol–water partition coefficient (Wildman–Crippen LogP) is 21.7. The molecule has 0 fully saturated rings. The molecule has 0 saturated carbocycles. The lowest BCUT2D eigenvalue weighted by atomic mass is 10.0. The minimum atomic E-state index is -4.96. The van der Waals surface area contributed by atoms with E-state index in [0.29, 0.717) is 37.5 Å². The molecule has 0 rings (SSSR count). The zero-order valence-electron chi connectivity index (χ0n) is 61.6. The summed E-state index contributed by atoms with van der Waals surface area (Å²) in [7, 11) is -9.91. The van der Waals surface area contributed by atoms with E-state index in [2.05, 4.69) is 55.4 Å². The minimum absolute atomic E-state index is 0.102. The molecule has 0 aliphatic carbocycles. The topological polar surface area (TPSA) is 237 Å². The molecule has 0 spiro atoms. The number of phosphoric ester groups is 2. The van der Waals surface area contributed by atoms with Crippen LogP contribution in [-0.4, -0.2) is 96.7 Å². The number of hydrogen-bond acceptors (Lipinski definition) is 15. The van der Waals surface area contributed by atoms with Crippen LogP contribution in [-0.2, 0) is 65.4 Å². The van der Waals surface area contributed by atoms with Crippen molar-refractivity contribution in [3.8, 4) is 0 Å². The number of carbonyl (C=O) groups is 4. The summed E-state index contributed by atoms with van der Waals surface area (Å²) in [4.78, 5) is 72.7. The first-order valence-corrected chi connectivity index (χ1v) is 41.7. The lowest BCUT2D eigenvalue weighted by Gasteiger charge is -2.21. The highest BCUT2D eigenvalue weighted by atomic mass is 31.2. The van der Waals surface area contributed by atoms with Crippen molar-refractivity contribution in [3.05, 3.63) is 0 Å². The highest BCUT2D eigenvalue weighted by Gasteiger charge is 2.30. The van der Waals surface area contributed by atoms with Crippen molar-refractivity contribution < 1.29 is 80.2 Å². The molecule has 0 aromatic heterocycles. The molecule has 3 unspecified atom stereocenters. The van der Waals surface area contributed by atoms with Crippen LogP contribution in [0.15, 0.2) is 0 Å². The normalized spacial score (nSPS) is 14.2. The van der Waals surface area contributed by atoms with Gasteiger partial charge in [-0.05, 0) is 49.4 Å². The van der Waals surface area contributed by atoms with Gasteiger partial charge in [-0.2, -0.15) is 0 Å². The summed E-state index contributed by atoms with van der Waals surface area (Å²) in [6.07, 6.45) is 48.9. The molecule has 0 bridgehead atoms. The molecule has 0 amide bonds. The standard InChI is InChI=1S/C75H146O17P2/c1-65(2)51-43-35-27-21-17-15-13-11-9-10-12-14-16-18-24-32-41-49-57-74(79)91-70(61-85-72(77)55-47-39-31-23-20-19-22-28-36-44-52-66(3)4)63-89-93(81,82)87-59-69(76)60-88-94(83,84)90-64-71(92-75(80)58-50-42-34-26-30-38-46-54-68(7)8)62-86-73(78)56-48-40-33-25-29-37-45-53-67(5)6/h65-71,76H,9-64H2,1-8H3,(H,81,82)(H,83,84)/t69?,70-,71-/m1/s1. The fourth-order valence-electron chi connectivity index (χ4n) is 11.4. The van der Waals surface area contributed by atoms with Gasteiger partial charge in [-0.1, -0.05) is 325 Å². The van der Waals surface area contributed by atoms with Crippen LogP contribution >= 0.6 is 15.6 Å². The van der Waals surface area contributed by atoms with Crippen LogP contribution in [0.25, 0.3) is 0 Å². The summed E-state index contributed by atoms with van der Waals surface area (Å²) in [6.45, 7) is 14.1. The number of unbranched alkanes of at least 4 members (excludes halogenated alkanes) is 38. The smallest absolute Gasteiger partial charge is 0.462 e. The Bertz CT molecular complexity index is 1850. The van der Waals surface area contributed by atoms with Gasteiger partial charge in [0.15, 0.2) is 12.2 Å². The van der Waals surface area contributed by atoms with Gasteiger partial charge in [-0.15, -0.1) is 0 Å². The van der Waals surface area contributed by atoms with Gasteiger partial charge in [0, 0.05) is 25.7 Å². The van der Waals surface area contributed by atoms with Gasteiger partial charge < -0.3 is 33.8 Å². The SMILES string of the molecule is CC(C)CCCCCCCCCCCCCCCCCCCCC(=O)O[C@H](COC(=O)CCCCCCCCCCCCC(C)C)COP(=O)(O)OCC(O)COP(=O)(O)OC[C@@H](COC(=O)CCCCCCCCCC(C)C)OC(=O)CCCCCCCCCC(C)C. The third-order valence-electron chi connectivity index (χ3n) is 17.3. The summed E-state index contributed by atoms with van der Waals surface area (Å²) in [5, 5.41) is 10.6. The zero-order chi connectivity index (χ0) is 69.6. The monoisotopic (exact) mass is 1380 g/mol. The van der Waals surface area contributed by atoms with Crippen LogP contribution in [0.3, 0.4) is 0 Å². The first kappa shape index (κ1) is 92.1. The quantitative estimate of drug-likeness (QED) is 0.0222. The van der Waals surface area contributed by atoms with Gasteiger partial charge >= 0.3 is 39.5 Å². The van der Waals surface area contributed by atoms with Gasteiger partial charge in [0.2, 0.25) is 0 Å². The van der Waals surface area contributed by atoms with Crippen LogP contribution < -0.4 is 0 Å². The van der Waals surface area contributed by atoms with Gasteiger partial charge in [0.25, 0.3) is 0 Å². The molecule has 558 valence electrons. The molecule has 0 aromatic rings. The van der Waals surface area contributed by atoms with Crippen molar-refractivity contribution in [2.24, 2.45) is 23.7 Å². The van der Waals surface area contributed by atoms with Gasteiger partial charge in [-0.3, -0.25) is 37.3 Å². The third kappa shape index (κ3) is 68.6. The average Bonchev–Trinajstić information content (AvgIpc) is 1.33. The Labute approximate surface area is 575 Å². The van der Waals surface area contributed by atoms with Crippen molar-refractivity contribution in [1.29, 1.82) is 0 Å². The number of esters is 4. The van der Waals surface area contributed by atoms with Crippen molar-refractivity contribution in [3.63, 3.8) is 0 Å². The molecule has 5 atom stereocenters. The van der Waals surface area contributed by atoms with Crippen LogP contribution in [0.1, 0.15) is 376 Å². The molecule has 0 aromatic carbocycles. The largest absolute Gasteiger partial charge is 0.472 e. The zero-order valence-corrected chi connectivity index (χ0v) is 63.4. The molecule has 0 heterocycles. The number of carbonyl (C=O) groups excluding carboxylic acids is 4.